The minimum absolute atomic E-state index is 0.0577. The summed E-state index contributed by atoms with van der Waals surface area (Å²) in [6.45, 7) is 3.66. The maximum absolute atomic E-state index is 12.2. The summed E-state index contributed by atoms with van der Waals surface area (Å²) < 4.78 is 0. The molecule has 0 unspecified atom stereocenters. The first-order valence-electron chi connectivity index (χ1n) is 7.60. The Morgan fingerprint density at radius 2 is 1.71 bits per heavy atom. The van der Waals surface area contributed by atoms with Crippen molar-refractivity contribution >= 4 is 11.9 Å². The number of benzene rings is 1. The Morgan fingerprint density at radius 3 is 2.14 bits per heavy atom. The van der Waals surface area contributed by atoms with E-state index in [-0.39, 0.29) is 18.4 Å². The van der Waals surface area contributed by atoms with Crippen LogP contribution >= 0.6 is 0 Å². The van der Waals surface area contributed by atoms with E-state index >= 15 is 0 Å². The molecule has 1 aromatic carbocycles. The second kappa shape index (κ2) is 6.29. The summed E-state index contributed by atoms with van der Waals surface area (Å²) in [4.78, 5) is 23.7. The van der Waals surface area contributed by atoms with Gasteiger partial charge in [0.05, 0.1) is 5.41 Å². The van der Waals surface area contributed by atoms with Crippen molar-refractivity contribution in [2.75, 3.05) is 0 Å². The molecule has 0 aromatic heterocycles. The maximum Gasteiger partial charge on any atom is 0.310 e. The van der Waals surface area contributed by atoms with Crippen LogP contribution in [0.5, 0.6) is 0 Å². The number of carbonyl (C=O) groups is 2. The van der Waals surface area contributed by atoms with Crippen molar-refractivity contribution in [3.63, 3.8) is 0 Å². The molecule has 0 atom stereocenters. The van der Waals surface area contributed by atoms with Crippen molar-refractivity contribution in [3.05, 3.63) is 35.4 Å². The first kappa shape index (κ1) is 15.5. The lowest BCUT2D eigenvalue weighted by atomic mass is 9.79. The van der Waals surface area contributed by atoms with E-state index < -0.39 is 11.4 Å². The fourth-order valence-corrected chi connectivity index (χ4v) is 3.13. The van der Waals surface area contributed by atoms with Crippen LogP contribution in [-0.2, 0) is 22.4 Å². The standard InChI is InChI=1S/C17H23NO3/c1-3-17(4-2,16(20)21)11-15(19)18-14-9-12-7-5-6-8-13(12)10-14/h5-8,14H,3-4,9-11H2,1-2H3,(H,18,19)(H,20,21). The SMILES string of the molecule is CCC(CC)(CC(=O)NC1Cc2ccccc2C1)C(=O)O. The summed E-state index contributed by atoms with van der Waals surface area (Å²) >= 11 is 0. The molecule has 1 aromatic rings. The number of fused-ring (bicyclic) bond motifs is 1. The van der Waals surface area contributed by atoms with Crippen molar-refractivity contribution in [2.45, 2.75) is 52.0 Å². The Bertz CT molecular complexity index is 510. The molecule has 0 bridgehead atoms. The third kappa shape index (κ3) is 3.26. The van der Waals surface area contributed by atoms with Crippen LogP contribution < -0.4 is 5.32 Å². The molecule has 0 heterocycles. The molecule has 1 aliphatic rings. The van der Waals surface area contributed by atoms with Gasteiger partial charge in [-0.05, 0) is 36.8 Å². The normalized spacial score (nSPS) is 14.8. The zero-order chi connectivity index (χ0) is 15.5. The van der Waals surface area contributed by atoms with Gasteiger partial charge in [0.15, 0.2) is 0 Å². The number of hydrogen-bond acceptors (Lipinski definition) is 2. The van der Waals surface area contributed by atoms with E-state index in [0.29, 0.717) is 12.8 Å². The zero-order valence-electron chi connectivity index (χ0n) is 12.7. The maximum atomic E-state index is 12.2. The first-order chi connectivity index (χ1) is 10.0. The average Bonchev–Trinajstić information content (AvgIpc) is 2.86. The number of rotatable bonds is 6. The van der Waals surface area contributed by atoms with Crippen LogP contribution in [0.1, 0.15) is 44.2 Å². The van der Waals surface area contributed by atoms with E-state index in [9.17, 15) is 14.7 Å². The third-order valence-electron chi connectivity index (χ3n) is 4.72. The van der Waals surface area contributed by atoms with Crippen LogP contribution in [0.4, 0.5) is 0 Å². The van der Waals surface area contributed by atoms with Gasteiger partial charge in [-0.1, -0.05) is 38.1 Å². The van der Waals surface area contributed by atoms with Gasteiger partial charge in [0, 0.05) is 12.5 Å². The van der Waals surface area contributed by atoms with Gasteiger partial charge in [-0.15, -0.1) is 0 Å². The number of carboxylic acid groups (broad SMARTS) is 1. The molecule has 2 N–H and O–H groups in total. The van der Waals surface area contributed by atoms with Crippen LogP contribution in [0.3, 0.4) is 0 Å². The van der Waals surface area contributed by atoms with Crippen molar-refractivity contribution in [3.8, 4) is 0 Å². The van der Waals surface area contributed by atoms with Crippen LogP contribution in [0.15, 0.2) is 24.3 Å². The summed E-state index contributed by atoms with van der Waals surface area (Å²) in [5.74, 6) is -1.03. The van der Waals surface area contributed by atoms with Crippen LogP contribution in [-0.4, -0.2) is 23.0 Å². The molecule has 2 rings (SSSR count). The highest BCUT2D eigenvalue weighted by Crippen LogP contribution is 2.31. The average molecular weight is 289 g/mol. The summed E-state index contributed by atoms with van der Waals surface area (Å²) in [6, 6.07) is 8.27. The lowest BCUT2D eigenvalue weighted by Crippen LogP contribution is -2.41. The molecule has 4 heteroatoms. The van der Waals surface area contributed by atoms with E-state index in [1.807, 2.05) is 26.0 Å². The van der Waals surface area contributed by atoms with Crippen molar-refractivity contribution in [1.29, 1.82) is 0 Å². The summed E-state index contributed by atoms with van der Waals surface area (Å²) in [6.07, 6.45) is 2.66. The highest BCUT2D eigenvalue weighted by atomic mass is 16.4. The Balaban J connectivity index is 1.96. The van der Waals surface area contributed by atoms with E-state index in [4.69, 9.17) is 0 Å². The zero-order valence-corrected chi connectivity index (χ0v) is 12.7. The number of aliphatic carboxylic acids is 1. The minimum Gasteiger partial charge on any atom is -0.481 e. The Kier molecular flexibility index (Phi) is 4.66. The third-order valence-corrected chi connectivity index (χ3v) is 4.72. The largest absolute Gasteiger partial charge is 0.481 e. The van der Waals surface area contributed by atoms with Crippen LogP contribution in [0.25, 0.3) is 0 Å². The van der Waals surface area contributed by atoms with Crippen LogP contribution in [0, 0.1) is 5.41 Å². The number of hydrogen-bond donors (Lipinski definition) is 2. The predicted molar refractivity (Wildman–Crippen MR) is 81.0 cm³/mol. The Hall–Kier alpha value is -1.84. The minimum atomic E-state index is -0.935. The van der Waals surface area contributed by atoms with Crippen molar-refractivity contribution in [1.82, 2.24) is 5.32 Å². The Labute approximate surface area is 125 Å². The van der Waals surface area contributed by atoms with Gasteiger partial charge in [-0.2, -0.15) is 0 Å². The Morgan fingerprint density at radius 1 is 1.19 bits per heavy atom. The molecule has 0 radical (unpaired) electrons. The van der Waals surface area contributed by atoms with Gasteiger partial charge in [-0.3, -0.25) is 9.59 Å². The summed E-state index contributed by atoms with van der Waals surface area (Å²) in [5, 5.41) is 12.4. The van der Waals surface area contributed by atoms with Crippen molar-refractivity contribution in [2.24, 2.45) is 5.41 Å². The number of carboxylic acids is 1. The van der Waals surface area contributed by atoms with E-state index in [2.05, 4.69) is 17.4 Å². The predicted octanol–water partition coefficient (Wildman–Crippen LogP) is 2.55. The number of amides is 1. The molecule has 0 aliphatic heterocycles. The van der Waals surface area contributed by atoms with E-state index in [1.54, 1.807) is 0 Å². The quantitative estimate of drug-likeness (QED) is 0.845. The molecule has 21 heavy (non-hydrogen) atoms. The van der Waals surface area contributed by atoms with E-state index in [0.717, 1.165) is 12.8 Å². The molecular formula is C17H23NO3. The molecular weight excluding hydrogens is 266 g/mol. The van der Waals surface area contributed by atoms with Gasteiger partial charge in [0.1, 0.15) is 0 Å². The van der Waals surface area contributed by atoms with Gasteiger partial charge in [0.2, 0.25) is 5.91 Å². The lowest BCUT2D eigenvalue weighted by molar-refractivity contribution is -0.152. The molecule has 1 aliphatic carbocycles. The summed E-state index contributed by atoms with van der Waals surface area (Å²) in [7, 11) is 0. The highest BCUT2D eigenvalue weighted by Gasteiger charge is 2.37. The molecule has 0 spiro atoms. The van der Waals surface area contributed by atoms with Gasteiger partial charge >= 0.3 is 5.97 Å². The molecule has 4 nitrogen and oxygen atoms in total. The second-order valence-electron chi connectivity index (χ2n) is 5.91. The molecule has 114 valence electrons. The summed E-state index contributed by atoms with van der Waals surface area (Å²) in [5.41, 5.74) is 1.62. The van der Waals surface area contributed by atoms with E-state index in [1.165, 1.54) is 11.1 Å². The number of nitrogens with one attached hydrogen (secondary N) is 1. The van der Waals surface area contributed by atoms with Gasteiger partial charge in [0.25, 0.3) is 0 Å². The molecule has 1 amide bonds. The monoisotopic (exact) mass is 289 g/mol. The number of carbonyl (C=O) groups excluding carboxylic acids is 1. The highest BCUT2D eigenvalue weighted by molar-refractivity contribution is 5.85. The molecule has 0 saturated heterocycles. The smallest absolute Gasteiger partial charge is 0.310 e. The molecule has 0 fully saturated rings. The molecule has 0 saturated carbocycles. The second-order valence-corrected chi connectivity index (χ2v) is 5.91. The van der Waals surface area contributed by atoms with Crippen molar-refractivity contribution < 1.29 is 14.7 Å². The topological polar surface area (TPSA) is 66.4 Å². The van der Waals surface area contributed by atoms with Crippen LogP contribution in [0.2, 0.25) is 0 Å². The van der Waals surface area contributed by atoms with Gasteiger partial charge in [-0.25, -0.2) is 0 Å². The fourth-order valence-electron chi connectivity index (χ4n) is 3.13. The fraction of sp³-hybridized carbons (Fsp3) is 0.529. The first-order valence-corrected chi connectivity index (χ1v) is 7.60. The lowest BCUT2D eigenvalue weighted by Gasteiger charge is -2.26. The van der Waals surface area contributed by atoms with Gasteiger partial charge < -0.3 is 10.4 Å².